The molecule has 0 radical (unpaired) electrons. The minimum absolute atomic E-state index is 0.628. The highest BCUT2D eigenvalue weighted by molar-refractivity contribution is 9.09. The summed E-state index contributed by atoms with van der Waals surface area (Å²) in [5.41, 5.74) is 0. The molecular weight excluding hydrogens is 152 g/mol. The van der Waals surface area contributed by atoms with Gasteiger partial charge in [0.2, 0.25) is 0 Å². The molecule has 1 unspecified atom stereocenters. The lowest BCUT2D eigenvalue weighted by Gasteiger charge is -1.91. The van der Waals surface area contributed by atoms with E-state index in [9.17, 15) is 0 Å². The van der Waals surface area contributed by atoms with Gasteiger partial charge in [-0.05, 0) is 13.3 Å². The van der Waals surface area contributed by atoms with Crippen LogP contribution in [0, 0.1) is 0 Å². The van der Waals surface area contributed by atoms with Crippen LogP contribution in [0.4, 0.5) is 0 Å². The van der Waals surface area contributed by atoms with Gasteiger partial charge in [-0.3, -0.25) is 0 Å². The summed E-state index contributed by atoms with van der Waals surface area (Å²) in [5, 5.41) is 0. The summed E-state index contributed by atoms with van der Waals surface area (Å²) in [4.78, 5) is 0.628. The first kappa shape index (κ1) is 7.22. The molecule has 0 aromatic heterocycles. The predicted molar refractivity (Wildman–Crippen MR) is 37.8 cm³/mol. The van der Waals surface area contributed by atoms with Crippen molar-refractivity contribution in [2.75, 3.05) is 0 Å². The van der Waals surface area contributed by atoms with Crippen molar-refractivity contribution in [1.29, 1.82) is 0 Å². The van der Waals surface area contributed by atoms with Gasteiger partial charge in [-0.25, -0.2) is 0 Å². The van der Waals surface area contributed by atoms with Crippen molar-refractivity contribution in [3.8, 4) is 0 Å². The van der Waals surface area contributed by atoms with Crippen LogP contribution in [-0.4, -0.2) is 4.83 Å². The first-order chi connectivity index (χ1) is 3.27. The quantitative estimate of drug-likeness (QED) is 0.433. The van der Waals surface area contributed by atoms with Crippen LogP contribution < -0.4 is 0 Å². The third-order valence-corrected chi connectivity index (χ3v) is 1.07. The van der Waals surface area contributed by atoms with Crippen LogP contribution in [0.2, 0.25) is 0 Å². The van der Waals surface area contributed by atoms with Gasteiger partial charge in [0, 0.05) is 4.83 Å². The van der Waals surface area contributed by atoms with E-state index in [-0.39, 0.29) is 0 Å². The van der Waals surface area contributed by atoms with Gasteiger partial charge in [-0.15, -0.1) is 0 Å². The van der Waals surface area contributed by atoms with E-state index < -0.39 is 0 Å². The van der Waals surface area contributed by atoms with Crippen molar-refractivity contribution >= 4 is 15.9 Å². The molecule has 0 heterocycles. The summed E-state index contributed by atoms with van der Waals surface area (Å²) < 4.78 is 0. The zero-order chi connectivity index (χ0) is 5.70. The van der Waals surface area contributed by atoms with Crippen LogP contribution in [0.3, 0.4) is 0 Å². The Hall–Kier alpha value is 0.220. The van der Waals surface area contributed by atoms with Gasteiger partial charge in [-0.1, -0.05) is 35.0 Å². The molecule has 0 N–H and O–H groups in total. The van der Waals surface area contributed by atoms with Gasteiger partial charge >= 0.3 is 0 Å². The first-order valence-electron chi connectivity index (χ1n) is 2.52. The zero-order valence-corrected chi connectivity index (χ0v) is 6.40. The Morgan fingerprint density at radius 3 is 2.43 bits per heavy atom. The molecule has 0 aliphatic rings. The SMILES string of the molecule is C/C=C/CC(C)Br. The monoisotopic (exact) mass is 162 g/mol. The molecule has 0 bridgehead atoms. The highest BCUT2D eigenvalue weighted by atomic mass is 79.9. The van der Waals surface area contributed by atoms with Crippen molar-refractivity contribution in [3.63, 3.8) is 0 Å². The predicted octanol–water partition coefficient (Wildman–Crippen LogP) is 2.74. The molecule has 0 saturated carbocycles. The summed E-state index contributed by atoms with van der Waals surface area (Å²) in [7, 11) is 0. The smallest absolute Gasteiger partial charge is 0.0152 e. The van der Waals surface area contributed by atoms with Gasteiger partial charge in [-0.2, -0.15) is 0 Å². The molecule has 0 aliphatic carbocycles. The topological polar surface area (TPSA) is 0 Å². The van der Waals surface area contributed by atoms with Crippen molar-refractivity contribution in [3.05, 3.63) is 12.2 Å². The van der Waals surface area contributed by atoms with Gasteiger partial charge in [0.1, 0.15) is 0 Å². The minimum atomic E-state index is 0.628. The van der Waals surface area contributed by atoms with E-state index in [1.54, 1.807) is 0 Å². The van der Waals surface area contributed by atoms with E-state index in [2.05, 4.69) is 35.0 Å². The molecule has 0 aromatic carbocycles. The molecule has 0 rings (SSSR count). The molecule has 0 aliphatic heterocycles. The number of hydrogen-bond acceptors (Lipinski definition) is 0. The summed E-state index contributed by atoms with van der Waals surface area (Å²) >= 11 is 3.42. The van der Waals surface area contributed by atoms with Crippen LogP contribution in [0.1, 0.15) is 20.3 Å². The Kier molecular flexibility index (Phi) is 4.52. The molecule has 42 valence electrons. The lowest BCUT2D eigenvalue weighted by atomic mass is 10.3. The van der Waals surface area contributed by atoms with Crippen molar-refractivity contribution in [1.82, 2.24) is 0 Å². The summed E-state index contributed by atoms with van der Waals surface area (Å²) in [6.07, 6.45) is 5.35. The van der Waals surface area contributed by atoms with Gasteiger partial charge in [0.15, 0.2) is 0 Å². The van der Waals surface area contributed by atoms with Crippen LogP contribution in [0.15, 0.2) is 12.2 Å². The average molecular weight is 163 g/mol. The second-order valence-corrected chi connectivity index (χ2v) is 3.15. The van der Waals surface area contributed by atoms with Crippen molar-refractivity contribution in [2.24, 2.45) is 0 Å². The number of hydrogen-bond donors (Lipinski definition) is 0. The van der Waals surface area contributed by atoms with Crippen molar-refractivity contribution < 1.29 is 0 Å². The van der Waals surface area contributed by atoms with Crippen LogP contribution in [0.5, 0.6) is 0 Å². The standard InChI is InChI=1S/C6H11Br/c1-3-4-5-6(2)7/h3-4,6H,5H2,1-2H3/b4-3+. The second kappa shape index (κ2) is 4.38. The Morgan fingerprint density at radius 1 is 1.71 bits per heavy atom. The molecular formula is C6H11Br. The largest absolute Gasteiger partial charge is 0.0916 e. The van der Waals surface area contributed by atoms with E-state index in [0.717, 1.165) is 6.42 Å². The fourth-order valence-corrected chi connectivity index (χ4v) is 0.539. The molecule has 0 aromatic rings. The lowest BCUT2D eigenvalue weighted by molar-refractivity contribution is 0.998. The number of rotatable bonds is 2. The van der Waals surface area contributed by atoms with E-state index in [0.29, 0.717) is 4.83 Å². The van der Waals surface area contributed by atoms with Crippen LogP contribution in [0.25, 0.3) is 0 Å². The maximum atomic E-state index is 3.42. The Bertz CT molecular complexity index is 55.2. The molecule has 0 fully saturated rings. The number of alkyl halides is 1. The Balaban J connectivity index is 2.97. The van der Waals surface area contributed by atoms with Gasteiger partial charge in [0.25, 0.3) is 0 Å². The molecule has 1 heteroatoms. The molecule has 1 atom stereocenters. The molecule has 0 nitrogen and oxygen atoms in total. The Labute approximate surface area is 53.7 Å². The lowest BCUT2D eigenvalue weighted by Crippen LogP contribution is -1.82. The zero-order valence-electron chi connectivity index (χ0n) is 4.82. The van der Waals surface area contributed by atoms with E-state index in [1.807, 2.05) is 6.92 Å². The summed E-state index contributed by atoms with van der Waals surface area (Å²) in [5.74, 6) is 0. The van der Waals surface area contributed by atoms with Crippen LogP contribution in [-0.2, 0) is 0 Å². The second-order valence-electron chi connectivity index (χ2n) is 1.59. The molecule has 0 amide bonds. The number of halogens is 1. The van der Waals surface area contributed by atoms with Gasteiger partial charge < -0.3 is 0 Å². The molecule has 0 spiro atoms. The maximum Gasteiger partial charge on any atom is 0.0152 e. The minimum Gasteiger partial charge on any atom is -0.0916 e. The Morgan fingerprint density at radius 2 is 2.29 bits per heavy atom. The van der Waals surface area contributed by atoms with Crippen LogP contribution >= 0.6 is 15.9 Å². The average Bonchev–Trinajstić information content (AvgIpc) is 1.61. The summed E-state index contributed by atoms with van der Waals surface area (Å²) in [6.45, 7) is 4.18. The third-order valence-electron chi connectivity index (χ3n) is 0.697. The molecule has 7 heavy (non-hydrogen) atoms. The van der Waals surface area contributed by atoms with E-state index in [4.69, 9.17) is 0 Å². The maximum absolute atomic E-state index is 3.42. The van der Waals surface area contributed by atoms with E-state index in [1.165, 1.54) is 0 Å². The normalized spacial score (nSPS) is 15.3. The first-order valence-corrected chi connectivity index (χ1v) is 3.44. The summed E-state index contributed by atoms with van der Waals surface area (Å²) in [6, 6.07) is 0. The molecule has 0 saturated heterocycles. The third kappa shape index (κ3) is 6.22. The fourth-order valence-electron chi connectivity index (χ4n) is 0.324. The van der Waals surface area contributed by atoms with E-state index >= 15 is 0 Å². The number of allylic oxidation sites excluding steroid dienone is 2. The van der Waals surface area contributed by atoms with Gasteiger partial charge in [0.05, 0.1) is 0 Å². The highest BCUT2D eigenvalue weighted by Gasteiger charge is 1.86. The highest BCUT2D eigenvalue weighted by Crippen LogP contribution is 2.02. The van der Waals surface area contributed by atoms with Crippen molar-refractivity contribution in [2.45, 2.75) is 25.1 Å². The fraction of sp³-hybridized carbons (Fsp3) is 0.667.